The molecular weight excluding hydrogens is 224 g/mol. The summed E-state index contributed by atoms with van der Waals surface area (Å²) in [6, 6.07) is 0.631. The summed E-state index contributed by atoms with van der Waals surface area (Å²) in [4.78, 5) is 0. The molecule has 0 spiro atoms. The number of hydrogen-bond donors (Lipinski definition) is 1. The molecule has 100 valence electrons. The maximum absolute atomic E-state index is 5.80. The van der Waals surface area contributed by atoms with Gasteiger partial charge in [-0.25, -0.2) is 0 Å². The SMILES string of the molecule is CC1(C)CCCCC1c1nnc(CN)n1C1CC1. The van der Waals surface area contributed by atoms with E-state index >= 15 is 0 Å². The molecule has 4 nitrogen and oxygen atoms in total. The number of aromatic nitrogens is 3. The number of rotatable bonds is 3. The lowest BCUT2D eigenvalue weighted by Crippen LogP contribution is -2.28. The van der Waals surface area contributed by atoms with Crippen molar-refractivity contribution in [2.45, 2.75) is 70.9 Å². The van der Waals surface area contributed by atoms with E-state index in [0.717, 1.165) is 5.82 Å². The predicted molar refractivity (Wildman–Crippen MR) is 71.2 cm³/mol. The van der Waals surface area contributed by atoms with Crippen LogP contribution in [0.25, 0.3) is 0 Å². The van der Waals surface area contributed by atoms with Gasteiger partial charge in [0.2, 0.25) is 0 Å². The minimum absolute atomic E-state index is 0.351. The fourth-order valence-corrected chi connectivity index (χ4v) is 3.42. The van der Waals surface area contributed by atoms with Gasteiger partial charge in [0.1, 0.15) is 11.6 Å². The maximum Gasteiger partial charge on any atom is 0.147 e. The largest absolute Gasteiger partial charge is 0.324 e. The number of hydrogen-bond acceptors (Lipinski definition) is 3. The Bertz CT molecular complexity index is 431. The zero-order valence-corrected chi connectivity index (χ0v) is 11.5. The van der Waals surface area contributed by atoms with Crippen molar-refractivity contribution in [3.63, 3.8) is 0 Å². The van der Waals surface area contributed by atoms with Crippen molar-refractivity contribution in [1.82, 2.24) is 14.8 Å². The lowest BCUT2D eigenvalue weighted by Gasteiger charge is -2.38. The molecule has 4 heteroatoms. The summed E-state index contributed by atoms with van der Waals surface area (Å²) in [6.07, 6.45) is 7.76. The van der Waals surface area contributed by atoms with E-state index in [1.165, 1.54) is 44.3 Å². The van der Waals surface area contributed by atoms with Crippen LogP contribution in [-0.2, 0) is 6.54 Å². The van der Waals surface area contributed by atoms with Crippen molar-refractivity contribution < 1.29 is 0 Å². The van der Waals surface area contributed by atoms with Crippen LogP contribution in [0.3, 0.4) is 0 Å². The summed E-state index contributed by atoms with van der Waals surface area (Å²) in [6.45, 7) is 5.27. The molecule has 2 aliphatic rings. The van der Waals surface area contributed by atoms with E-state index in [1.54, 1.807) is 0 Å². The van der Waals surface area contributed by atoms with Crippen LogP contribution >= 0.6 is 0 Å². The first-order valence-electron chi connectivity index (χ1n) is 7.27. The molecule has 2 saturated carbocycles. The fraction of sp³-hybridized carbons (Fsp3) is 0.857. The van der Waals surface area contributed by atoms with Gasteiger partial charge in [-0.3, -0.25) is 0 Å². The third-order valence-electron chi connectivity index (χ3n) is 4.71. The monoisotopic (exact) mass is 248 g/mol. The molecule has 0 saturated heterocycles. The highest BCUT2D eigenvalue weighted by Gasteiger charge is 2.39. The summed E-state index contributed by atoms with van der Waals surface area (Å²) < 4.78 is 2.36. The van der Waals surface area contributed by atoms with Crippen LogP contribution in [0.2, 0.25) is 0 Å². The van der Waals surface area contributed by atoms with Crippen molar-refractivity contribution >= 4 is 0 Å². The Morgan fingerprint density at radius 1 is 1.22 bits per heavy atom. The van der Waals surface area contributed by atoms with E-state index in [1.807, 2.05) is 0 Å². The van der Waals surface area contributed by atoms with Crippen LogP contribution in [0.15, 0.2) is 0 Å². The molecule has 2 aliphatic carbocycles. The molecule has 1 aromatic rings. The maximum atomic E-state index is 5.80. The molecule has 1 unspecified atom stereocenters. The Hall–Kier alpha value is -0.900. The van der Waals surface area contributed by atoms with Gasteiger partial charge in [0.25, 0.3) is 0 Å². The van der Waals surface area contributed by atoms with Crippen molar-refractivity contribution in [2.24, 2.45) is 11.1 Å². The van der Waals surface area contributed by atoms with E-state index in [-0.39, 0.29) is 0 Å². The van der Waals surface area contributed by atoms with Crippen LogP contribution in [-0.4, -0.2) is 14.8 Å². The summed E-state index contributed by atoms with van der Waals surface area (Å²) in [5.74, 6) is 2.75. The molecule has 2 N–H and O–H groups in total. The van der Waals surface area contributed by atoms with Crippen molar-refractivity contribution in [1.29, 1.82) is 0 Å². The van der Waals surface area contributed by atoms with E-state index < -0.39 is 0 Å². The smallest absolute Gasteiger partial charge is 0.147 e. The van der Waals surface area contributed by atoms with Gasteiger partial charge in [0.15, 0.2) is 0 Å². The molecule has 3 rings (SSSR count). The molecule has 0 radical (unpaired) electrons. The molecule has 1 aromatic heterocycles. The summed E-state index contributed by atoms with van der Waals surface area (Å²) in [7, 11) is 0. The van der Waals surface area contributed by atoms with Crippen molar-refractivity contribution in [3.8, 4) is 0 Å². The highest BCUT2D eigenvalue weighted by molar-refractivity contribution is 5.11. The summed E-state index contributed by atoms with van der Waals surface area (Å²) in [5, 5.41) is 8.83. The zero-order valence-electron chi connectivity index (χ0n) is 11.5. The van der Waals surface area contributed by atoms with E-state index in [9.17, 15) is 0 Å². The average molecular weight is 248 g/mol. The van der Waals surface area contributed by atoms with Gasteiger partial charge in [-0.15, -0.1) is 10.2 Å². The predicted octanol–water partition coefficient (Wildman–Crippen LogP) is 2.76. The Morgan fingerprint density at radius 2 is 2.00 bits per heavy atom. The number of nitrogens with zero attached hydrogens (tertiary/aromatic N) is 3. The molecule has 0 aliphatic heterocycles. The van der Waals surface area contributed by atoms with E-state index in [4.69, 9.17) is 5.73 Å². The normalized spacial score (nSPS) is 27.4. The van der Waals surface area contributed by atoms with Gasteiger partial charge < -0.3 is 10.3 Å². The summed E-state index contributed by atoms with van der Waals surface area (Å²) >= 11 is 0. The molecule has 18 heavy (non-hydrogen) atoms. The van der Waals surface area contributed by atoms with Crippen molar-refractivity contribution in [2.75, 3.05) is 0 Å². The van der Waals surface area contributed by atoms with Crippen LogP contribution < -0.4 is 5.73 Å². The second-order valence-electron chi connectivity index (χ2n) is 6.57. The van der Waals surface area contributed by atoms with Crippen molar-refractivity contribution in [3.05, 3.63) is 11.6 Å². The van der Waals surface area contributed by atoms with Crippen LogP contribution in [0.4, 0.5) is 0 Å². The Balaban J connectivity index is 1.97. The quantitative estimate of drug-likeness (QED) is 0.894. The first-order chi connectivity index (χ1) is 8.63. The van der Waals surface area contributed by atoms with Gasteiger partial charge in [-0.05, 0) is 31.1 Å². The Labute approximate surface area is 109 Å². The van der Waals surface area contributed by atoms with Crippen LogP contribution in [0, 0.1) is 5.41 Å². The molecule has 0 bridgehead atoms. The first-order valence-corrected chi connectivity index (χ1v) is 7.27. The second kappa shape index (κ2) is 4.34. The molecule has 1 atom stereocenters. The van der Waals surface area contributed by atoms with Crippen LogP contribution in [0.5, 0.6) is 0 Å². The molecule has 2 fully saturated rings. The van der Waals surface area contributed by atoms with Gasteiger partial charge in [0, 0.05) is 12.0 Å². The van der Waals surface area contributed by atoms with Crippen LogP contribution in [0.1, 0.15) is 76.0 Å². The Kier molecular flexibility index (Phi) is 2.93. The molecular formula is C14H24N4. The highest BCUT2D eigenvalue weighted by Crippen LogP contribution is 2.48. The minimum atomic E-state index is 0.351. The topological polar surface area (TPSA) is 56.7 Å². The van der Waals surface area contributed by atoms with Gasteiger partial charge in [-0.1, -0.05) is 26.7 Å². The summed E-state index contributed by atoms with van der Waals surface area (Å²) in [5.41, 5.74) is 6.15. The number of nitrogens with two attached hydrogens (primary N) is 1. The third-order valence-corrected chi connectivity index (χ3v) is 4.71. The zero-order chi connectivity index (χ0) is 12.8. The molecule has 1 heterocycles. The van der Waals surface area contributed by atoms with E-state index in [2.05, 4.69) is 28.6 Å². The lowest BCUT2D eigenvalue weighted by molar-refractivity contribution is 0.188. The Morgan fingerprint density at radius 3 is 2.61 bits per heavy atom. The third kappa shape index (κ3) is 1.96. The fourth-order valence-electron chi connectivity index (χ4n) is 3.42. The van der Waals surface area contributed by atoms with E-state index in [0.29, 0.717) is 23.9 Å². The van der Waals surface area contributed by atoms with Gasteiger partial charge in [-0.2, -0.15) is 0 Å². The molecule has 0 aromatic carbocycles. The average Bonchev–Trinajstić information content (AvgIpc) is 3.09. The standard InChI is InChI=1S/C14H24N4/c1-14(2)8-4-3-5-11(14)13-17-16-12(9-15)18(13)10-6-7-10/h10-11H,3-9,15H2,1-2H3. The second-order valence-corrected chi connectivity index (χ2v) is 6.57. The van der Waals surface area contributed by atoms with Gasteiger partial charge in [0.05, 0.1) is 6.54 Å². The first kappa shape index (κ1) is 12.2. The lowest BCUT2D eigenvalue weighted by atomic mass is 9.68. The minimum Gasteiger partial charge on any atom is -0.324 e. The molecule has 0 amide bonds. The van der Waals surface area contributed by atoms with Gasteiger partial charge >= 0.3 is 0 Å². The highest BCUT2D eigenvalue weighted by atomic mass is 15.3.